The van der Waals surface area contributed by atoms with E-state index < -0.39 is 0 Å². The van der Waals surface area contributed by atoms with Gasteiger partial charge in [-0.3, -0.25) is 0 Å². The van der Waals surface area contributed by atoms with Gasteiger partial charge in [0.05, 0.1) is 23.0 Å². The molecule has 6 heteroatoms. The highest BCUT2D eigenvalue weighted by atomic mass is 79.9. The van der Waals surface area contributed by atoms with E-state index in [1.54, 1.807) is 0 Å². The Hall–Kier alpha value is -3.35. The summed E-state index contributed by atoms with van der Waals surface area (Å²) in [7, 11) is 0. The summed E-state index contributed by atoms with van der Waals surface area (Å²) >= 11 is 7.11. The molecular formula is C30H22Br2N4. The molecule has 4 nitrogen and oxygen atoms in total. The number of halogens is 2. The molecule has 0 bridgehead atoms. The Morgan fingerprint density at radius 3 is 2.17 bits per heavy atom. The van der Waals surface area contributed by atoms with Crippen molar-refractivity contribution in [2.45, 2.75) is 19.4 Å². The van der Waals surface area contributed by atoms with E-state index in [0.717, 1.165) is 48.8 Å². The molecule has 0 saturated heterocycles. The fourth-order valence-corrected chi connectivity index (χ4v) is 5.13. The molecule has 0 unspecified atom stereocenters. The minimum atomic E-state index is -0.0109. The van der Waals surface area contributed by atoms with Gasteiger partial charge in [0, 0.05) is 26.3 Å². The van der Waals surface area contributed by atoms with Gasteiger partial charge in [0.1, 0.15) is 0 Å². The van der Waals surface area contributed by atoms with Crippen LogP contribution in [0.25, 0.3) is 22.2 Å². The molecule has 2 heterocycles. The van der Waals surface area contributed by atoms with Crippen LogP contribution < -0.4 is 5.01 Å². The number of hydrogen-bond acceptors (Lipinski definition) is 4. The molecule has 0 spiro atoms. The van der Waals surface area contributed by atoms with Gasteiger partial charge in [-0.25, -0.2) is 15.0 Å². The molecule has 1 aromatic heterocycles. The van der Waals surface area contributed by atoms with E-state index in [-0.39, 0.29) is 6.04 Å². The first-order chi connectivity index (χ1) is 17.5. The van der Waals surface area contributed by atoms with Crippen LogP contribution in [0.4, 0.5) is 5.95 Å². The van der Waals surface area contributed by atoms with E-state index in [1.165, 1.54) is 11.1 Å². The van der Waals surface area contributed by atoms with Crippen LogP contribution in [-0.2, 0) is 0 Å². The van der Waals surface area contributed by atoms with Crippen LogP contribution in [0.3, 0.4) is 0 Å². The van der Waals surface area contributed by atoms with Crippen molar-refractivity contribution in [3.63, 3.8) is 0 Å². The summed E-state index contributed by atoms with van der Waals surface area (Å²) < 4.78 is 2.10. The van der Waals surface area contributed by atoms with Crippen molar-refractivity contribution in [2.24, 2.45) is 5.10 Å². The zero-order valence-electron chi connectivity index (χ0n) is 19.6. The summed E-state index contributed by atoms with van der Waals surface area (Å²) in [4.78, 5) is 10.1. The number of hydrogen-bond donors (Lipinski definition) is 0. The van der Waals surface area contributed by atoms with Gasteiger partial charge in [-0.1, -0.05) is 98.1 Å². The number of anilines is 1. The minimum Gasteiger partial charge on any atom is -0.223 e. The first-order valence-electron chi connectivity index (χ1n) is 11.8. The van der Waals surface area contributed by atoms with Gasteiger partial charge < -0.3 is 0 Å². The Kier molecular flexibility index (Phi) is 6.15. The maximum absolute atomic E-state index is 5.12. The Labute approximate surface area is 227 Å². The number of aromatic nitrogens is 2. The van der Waals surface area contributed by atoms with E-state index in [9.17, 15) is 0 Å². The second kappa shape index (κ2) is 9.60. The molecule has 0 aliphatic carbocycles. The number of fused-ring (bicyclic) bond motifs is 1. The number of benzene rings is 4. The largest absolute Gasteiger partial charge is 0.247 e. The van der Waals surface area contributed by atoms with Crippen molar-refractivity contribution in [3.05, 3.63) is 123 Å². The Bertz CT molecular complexity index is 1580. The van der Waals surface area contributed by atoms with Crippen LogP contribution in [0.2, 0.25) is 0 Å². The lowest BCUT2D eigenvalue weighted by Gasteiger charge is -2.23. The Balaban J connectivity index is 1.53. The van der Waals surface area contributed by atoms with E-state index in [2.05, 4.69) is 118 Å². The van der Waals surface area contributed by atoms with Crippen molar-refractivity contribution in [3.8, 4) is 11.3 Å². The summed E-state index contributed by atoms with van der Waals surface area (Å²) in [6, 6.07) is 33.4. The average molecular weight is 598 g/mol. The van der Waals surface area contributed by atoms with E-state index in [0.29, 0.717) is 5.95 Å². The lowest BCUT2D eigenvalue weighted by Crippen LogP contribution is -2.21. The zero-order chi connectivity index (χ0) is 24.6. The predicted molar refractivity (Wildman–Crippen MR) is 154 cm³/mol. The summed E-state index contributed by atoms with van der Waals surface area (Å²) in [5.41, 5.74) is 7.36. The van der Waals surface area contributed by atoms with Crippen LogP contribution in [0.1, 0.15) is 29.2 Å². The van der Waals surface area contributed by atoms with Gasteiger partial charge >= 0.3 is 0 Å². The standard InChI is InChI=1S/C30H22Br2N4/c1-19-7-16-26-25(17-19)29(22-5-3-2-4-6-22)34-30(33-26)36-28(21-10-14-24(32)15-11-21)18-27(35-36)20-8-12-23(31)13-9-20/h2-17,28H,18H2,1H3/t28-/m0/s1. The minimum absolute atomic E-state index is 0.0109. The summed E-state index contributed by atoms with van der Waals surface area (Å²) in [6.45, 7) is 2.10. The smallest absolute Gasteiger partial charge is 0.223 e. The molecular weight excluding hydrogens is 576 g/mol. The number of hydrazone groups is 1. The second-order valence-electron chi connectivity index (χ2n) is 8.93. The Morgan fingerprint density at radius 1 is 0.750 bits per heavy atom. The van der Waals surface area contributed by atoms with Gasteiger partial charge in [0.2, 0.25) is 5.95 Å². The summed E-state index contributed by atoms with van der Waals surface area (Å²) in [6.07, 6.45) is 0.763. The van der Waals surface area contributed by atoms with Crippen molar-refractivity contribution in [1.29, 1.82) is 0 Å². The average Bonchev–Trinajstić information content (AvgIpc) is 3.35. The highest BCUT2D eigenvalue weighted by Gasteiger charge is 2.32. The Morgan fingerprint density at radius 2 is 1.44 bits per heavy atom. The topological polar surface area (TPSA) is 41.4 Å². The normalized spacial score (nSPS) is 15.4. The second-order valence-corrected chi connectivity index (χ2v) is 10.8. The molecule has 1 atom stereocenters. The number of rotatable bonds is 4. The first-order valence-corrected chi connectivity index (χ1v) is 13.4. The zero-order valence-corrected chi connectivity index (χ0v) is 22.7. The van der Waals surface area contributed by atoms with Gasteiger partial charge in [-0.2, -0.15) is 5.10 Å². The molecule has 0 amide bonds. The van der Waals surface area contributed by atoms with Crippen LogP contribution in [0, 0.1) is 6.92 Å². The SMILES string of the molecule is Cc1ccc2nc(N3N=C(c4ccc(Br)cc4)C[C@H]3c3ccc(Br)cc3)nc(-c3ccccc3)c2c1. The van der Waals surface area contributed by atoms with Crippen molar-refractivity contribution in [1.82, 2.24) is 9.97 Å². The number of aryl methyl sites for hydroxylation is 1. The predicted octanol–water partition coefficient (Wildman–Crippen LogP) is 8.49. The third kappa shape index (κ3) is 4.47. The maximum atomic E-state index is 5.12. The molecule has 1 aliphatic heterocycles. The maximum Gasteiger partial charge on any atom is 0.247 e. The van der Waals surface area contributed by atoms with Gasteiger partial charge in [0.25, 0.3) is 0 Å². The van der Waals surface area contributed by atoms with Gasteiger partial charge in [0.15, 0.2) is 0 Å². The fraction of sp³-hybridized carbons (Fsp3) is 0.100. The number of nitrogens with zero attached hydrogens (tertiary/aromatic N) is 4. The molecule has 0 saturated carbocycles. The highest BCUT2D eigenvalue weighted by molar-refractivity contribution is 9.10. The third-order valence-corrected chi connectivity index (χ3v) is 7.49. The lowest BCUT2D eigenvalue weighted by molar-refractivity contribution is 0.689. The molecule has 0 fully saturated rings. The van der Waals surface area contributed by atoms with E-state index in [4.69, 9.17) is 15.1 Å². The van der Waals surface area contributed by atoms with Crippen LogP contribution in [0.15, 0.2) is 111 Å². The molecule has 1 aliphatic rings. The lowest BCUT2D eigenvalue weighted by atomic mass is 9.98. The highest BCUT2D eigenvalue weighted by Crippen LogP contribution is 2.38. The van der Waals surface area contributed by atoms with E-state index in [1.807, 2.05) is 23.2 Å². The third-order valence-electron chi connectivity index (χ3n) is 6.43. The molecule has 36 heavy (non-hydrogen) atoms. The van der Waals surface area contributed by atoms with Crippen LogP contribution in [-0.4, -0.2) is 15.7 Å². The fourth-order valence-electron chi connectivity index (χ4n) is 4.60. The molecule has 0 radical (unpaired) electrons. The molecule has 6 rings (SSSR count). The van der Waals surface area contributed by atoms with Gasteiger partial charge in [-0.15, -0.1) is 0 Å². The molecule has 176 valence electrons. The first kappa shape index (κ1) is 23.1. The van der Waals surface area contributed by atoms with Gasteiger partial charge in [-0.05, 0) is 54.4 Å². The van der Waals surface area contributed by atoms with Crippen LogP contribution in [0.5, 0.6) is 0 Å². The molecule has 4 aromatic carbocycles. The quantitative estimate of drug-likeness (QED) is 0.208. The summed E-state index contributed by atoms with van der Waals surface area (Å²) in [5.74, 6) is 0.602. The van der Waals surface area contributed by atoms with Crippen molar-refractivity contribution in [2.75, 3.05) is 5.01 Å². The van der Waals surface area contributed by atoms with E-state index >= 15 is 0 Å². The van der Waals surface area contributed by atoms with Crippen molar-refractivity contribution >= 4 is 54.4 Å². The molecule has 0 N–H and O–H groups in total. The van der Waals surface area contributed by atoms with Crippen molar-refractivity contribution < 1.29 is 0 Å². The van der Waals surface area contributed by atoms with Crippen LogP contribution >= 0.6 is 31.9 Å². The summed E-state index contributed by atoms with van der Waals surface area (Å²) in [5, 5.41) is 8.13. The monoisotopic (exact) mass is 596 g/mol. The molecule has 5 aromatic rings.